The summed E-state index contributed by atoms with van der Waals surface area (Å²) in [7, 11) is 0. The summed E-state index contributed by atoms with van der Waals surface area (Å²) in [5, 5.41) is 6.79. The van der Waals surface area contributed by atoms with E-state index in [1.807, 2.05) is 11.6 Å². The third-order valence-corrected chi connectivity index (χ3v) is 6.91. The minimum atomic E-state index is -0.141. The molecule has 2 aromatic heterocycles. The van der Waals surface area contributed by atoms with Crippen LogP contribution in [0.15, 0.2) is 66.3 Å². The highest BCUT2D eigenvalue weighted by Crippen LogP contribution is 2.36. The first-order chi connectivity index (χ1) is 14.8. The van der Waals surface area contributed by atoms with Crippen molar-refractivity contribution in [2.75, 3.05) is 5.32 Å². The van der Waals surface area contributed by atoms with Crippen LogP contribution in [0, 0.1) is 5.92 Å². The van der Waals surface area contributed by atoms with Crippen LogP contribution in [0.25, 0.3) is 22.0 Å². The third-order valence-electron chi connectivity index (χ3n) is 6.22. The van der Waals surface area contributed by atoms with Crippen LogP contribution in [-0.2, 0) is 4.79 Å². The number of carbonyl (C=O) groups is 1. The van der Waals surface area contributed by atoms with Gasteiger partial charge >= 0.3 is 0 Å². The lowest BCUT2D eigenvalue weighted by atomic mass is 9.86. The first kappa shape index (κ1) is 19.1. The van der Waals surface area contributed by atoms with Crippen molar-refractivity contribution in [3.05, 3.63) is 71.9 Å². The normalized spacial score (nSPS) is 15.5. The maximum absolute atomic E-state index is 13.1. The van der Waals surface area contributed by atoms with Gasteiger partial charge in [-0.1, -0.05) is 56.0 Å². The number of hydrogen-bond donors (Lipinski definition) is 2. The first-order valence-electron chi connectivity index (χ1n) is 10.6. The largest absolute Gasteiger partial charge is 0.361 e. The summed E-state index contributed by atoms with van der Waals surface area (Å²) in [5.41, 5.74) is 4.59. The second-order valence-corrected chi connectivity index (χ2v) is 9.06. The molecule has 2 aromatic carbocycles. The van der Waals surface area contributed by atoms with E-state index in [-0.39, 0.29) is 11.8 Å². The summed E-state index contributed by atoms with van der Waals surface area (Å²) in [5.74, 6) is 0.546. The molecule has 1 unspecified atom stereocenters. The molecule has 0 saturated heterocycles. The molecule has 5 rings (SSSR count). The van der Waals surface area contributed by atoms with E-state index in [2.05, 4.69) is 63.8 Å². The van der Waals surface area contributed by atoms with Gasteiger partial charge in [0.2, 0.25) is 5.91 Å². The molecule has 0 spiro atoms. The number of hydrogen-bond acceptors (Lipinski definition) is 3. The van der Waals surface area contributed by atoms with Crippen molar-refractivity contribution >= 4 is 33.3 Å². The van der Waals surface area contributed by atoms with Crippen LogP contribution in [0.4, 0.5) is 5.13 Å². The van der Waals surface area contributed by atoms with Gasteiger partial charge in [-0.2, -0.15) is 0 Å². The van der Waals surface area contributed by atoms with Gasteiger partial charge in [0.15, 0.2) is 5.13 Å². The number of anilines is 1. The fraction of sp³-hybridized carbons (Fsp3) is 0.280. The van der Waals surface area contributed by atoms with Gasteiger partial charge in [0.25, 0.3) is 0 Å². The maximum atomic E-state index is 13.1. The van der Waals surface area contributed by atoms with Crippen LogP contribution in [-0.4, -0.2) is 15.9 Å². The fourth-order valence-electron chi connectivity index (χ4n) is 4.59. The minimum absolute atomic E-state index is 0.0540. The molecule has 2 N–H and O–H groups in total. The first-order valence-corrected chi connectivity index (χ1v) is 11.5. The van der Waals surface area contributed by atoms with Crippen LogP contribution in [0.1, 0.15) is 43.6 Å². The molecule has 0 radical (unpaired) electrons. The van der Waals surface area contributed by atoms with E-state index >= 15 is 0 Å². The van der Waals surface area contributed by atoms with Gasteiger partial charge < -0.3 is 10.3 Å². The SMILES string of the molecule is O=C(Nc1nccs1)C(CC1CCCC1)c1ccc(-c2ccc3[nH]ccc3c2)cc1. The van der Waals surface area contributed by atoms with Crippen molar-refractivity contribution in [1.29, 1.82) is 0 Å². The van der Waals surface area contributed by atoms with Crippen molar-refractivity contribution in [2.24, 2.45) is 5.92 Å². The number of nitrogens with zero attached hydrogens (tertiary/aromatic N) is 1. The molecular formula is C25H25N3OS. The second kappa shape index (κ2) is 8.44. The van der Waals surface area contributed by atoms with Gasteiger partial charge in [-0.05, 0) is 52.6 Å². The van der Waals surface area contributed by atoms with Crippen LogP contribution in [0.3, 0.4) is 0 Å². The zero-order valence-electron chi connectivity index (χ0n) is 16.8. The smallest absolute Gasteiger partial charge is 0.233 e. The average Bonchev–Trinajstić information content (AvgIpc) is 3.54. The molecule has 1 aliphatic rings. The Morgan fingerprint density at radius 3 is 2.67 bits per heavy atom. The molecule has 5 heteroatoms. The van der Waals surface area contributed by atoms with Crippen LogP contribution >= 0.6 is 11.3 Å². The van der Waals surface area contributed by atoms with Crippen molar-refractivity contribution < 1.29 is 4.79 Å². The number of thiazole rings is 1. The number of rotatable bonds is 6. The second-order valence-electron chi connectivity index (χ2n) is 8.17. The van der Waals surface area contributed by atoms with Gasteiger partial charge in [0.05, 0.1) is 5.92 Å². The zero-order valence-corrected chi connectivity index (χ0v) is 17.6. The molecule has 152 valence electrons. The topological polar surface area (TPSA) is 57.8 Å². The molecule has 1 aliphatic carbocycles. The molecule has 2 heterocycles. The van der Waals surface area contributed by atoms with Gasteiger partial charge in [0, 0.05) is 23.3 Å². The Balaban J connectivity index is 1.40. The summed E-state index contributed by atoms with van der Waals surface area (Å²) in [6.07, 6.45) is 9.63. The summed E-state index contributed by atoms with van der Waals surface area (Å²) < 4.78 is 0. The van der Waals surface area contributed by atoms with Gasteiger partial charge in [-0.3, -0.25) is 4.79 Å². The number of benzene rings is 2. The Bertz CT molecular complexity index is 1120. The molecular weight excluding hydrogens is 390 g/mol. The van der Waals surface area contributed by atoms with Crippen LogP contribution in [0.2, 0.25) is 0 Å². The minimum Gasteiger partial charge on any atom is -0.361 e. The van der Waals surface area contributed by atoms with Crippen LogP contribution < -0.4 is 5.32 Å². The quantitative estimate of drug-likeness (QED) is 0.373. The lowest BCUT2D eigenvalue weighted by Crippen LogP contribution is -2.23. The van der Waals surface area contributed by atoms with E-state index in [1.165, 1.54) is 53.5 Å². The van der Waals surface area contributed by atoms with E-state index in [0.29, 0.717) is 11.0 Å². The molecule has 1 saturated carbocycles. The van der Waals surface area contributed by atoms with E-state index in [1.54, 1.807) is 6.20 Å². The highest BCUT2D eigenvalue weighted by atomic mass is 32.1. The number of aromatic amines is 1. The predicted molar refractivity (Wildman–Crippen MR) is 124 cm³/mol. The van der Waals surface area contributed by atoms with E-state index in [4.69, 9.17) is 0 Å². The zero-order chi connectivity index (χ0) is 20.3. The number of nitrogens with one attached hydrogen (secondary N) is 2. The monoisotopic (exact) mass is 415 g/mol. The fourth-order valence-corrected chi connectivity index (χ4v) is 5.12. The molecule has 1 amide bonds. The standard InChI is InChI=1S/C25H25N3OS/c29-24(28-25-27-13-14-30-25)22(15-17-3-1-2-4-17)19-7-5-18(6-8-19)20-9-10-23-21(16-20)11-12-26-23/h5-14,16-17,22,26H,1-4,15H2,(H,27,28,29). The van der Waals surface area contributed by atoms with Gasteiger partial charge in [-0.25, -0.2) is 4.98 Å². The number of aromatic nitrogens is 2. The van der Waals surface area contributed by atoms with Crippen molar-refractivity contribution in [1.82, 2.24) is 9.97 Å². The molecule has 4 nitrogen and oxygen atoms in total. The highest BCUT2D eigenvalue weighted by Gasteiger charge is 2.27. The summed E-state index contributed by atoms with van der Waals surface area (Å²) in [4.78, 5) is 20.6. The highest BCUT2D eigenvalue weighted by molar-refractivity contribution is 7.13. The Morgan fingerprint density at radius 2 is 1.90 bits per heavy atom. The third kappa shape index (κ3) is 4.03. The molecule has 30 heavy (non-hydrogen) atoms. The Labute approximate surface area is 180 Å². The summed E-state index contributed by atoms with van der Waals surface area (Å²) in [6, 6.07) is 17.1. The number of H-pyrrole nitrogens is 1. The Morgan fingerprint density at radius 1 is 1.10 bits per heavy atom. The van der Waals surface area contributed by atoms with Crippen molar-refractivity contribution in [2.45, 2.75) is 38.0 Å². The molecule has 0 aliphatic heterocycles. The maximum Gasteiger partial charge on any atom is 0.233 e. The lowest BCUT2D eigenvalue weighted by molar-refractivity contribution is -0.118. The van der Waals surface area contributed by atoms with E-state index in [0.717, 1.165) is 17.5 Å². The average molecular weight is 416 g/mol. The molecule has 4 aromatic rings. The van der Waals surface area contributed by atoms with Gasteiger partial charge in [-0.15, -0.1) is 11.3 Å². The Hall–Kier alpha value is -2.92. The van der Waals surface area contributed by atoms with Gasteiger partial charge in [0.1, 0.15) is 0 Å². The van der Waals surface area contributed by atoms with E-state index in [9.17, 15) is 4.79 Å². The number of fused-ring (bicyclic) bond motifs is 1. The van der Waals surface area contributed by atoms with E-state index < -0.39 is 0 Å². The van der Waals surface area contributed by atoms with Crippen LogP contribution in [0.5, 0.6) is 0 Å². The number of amides is 1. The van der Waals surface area contributed by atoms with Crippen molar-refractivity contribution in [3.63, 3.8) is 0 Å². The molecule has 1 atom stereocenters. The predicted octanol–water partition coefficient (Wildman–Crippen LogP) is 6.59. The van der Waals surface area contributed by atoms with Crippen molar-refractivity contribution in [3.8, 4) is 11.1 Å². The Kier molecular flexibility index (Phi) is 5.37. The molecule has 1 fully saturated rings. The lowest BCUT2D eigenvalue weighted by Gasteiger charge is -2.20. The number of carbonyl (C=O) groups excluding carboxylic acids is 1. The summed E-state index contributed by atoms with van der Waals surface area (Å²) >= 11 is 1.46. The summed E-state index contributed by atoms with van der Waals surface area (Å²) in [6.45, 7) is 0. The molecule has 0 bridgehead atoms.